The van der Waals surface area contributed by atoms with Crippen molar-refractivity contribution in [2.75, 3.05) is 6.54 Å². The van der Waals surface area contributed by atoms with E-state index in [4.69, 9.17) is 0 Å². The Balaban J connectivity index is 2.81. The van der Waals surface area contributed by atoms with Crippen LogP contribution >= 0.6 is 0 Å². The van der Waals surface area contributed by atoms with Gasteiger partial charge in [-0.25, -0.2) is 0 Å². The smallest absolute Gasteiger partial charge is 0.175 e. The number of carbonyl (C=O) groups is 1. The van der Waals surface area contributed by atoms with Crippen molar-refractivity contribution in [1.82, 2.24) is 4.67 Å². The number of hydrogen-bond donors (Lipinski definition) is 0. The third kappa shape index (κ3) is 3.16. The van der Waals surface area contributed by atoms with Crippen molar-refractivity contribution in [3.63, 3.8) is 0 Å². The molecule has 4 heteroatoms. The summed E-state index contributed by atoms with van der Waals surface area (Å²) >= 11 is 0. The molecule has 0 radical (unpaired) electrons. The molecule has 0 unspecified atom stereocenters. The highest BCUT2D eigenvalue weighted by Gasteiger charge is 2.32. The predicted molar refractivity (Wildman–Crippen MR) is 66.6 cm³/mol. The lowest BCUT2D eigenvalue weighted by Crippen LogP contribution is -2.49. The molecule has 1 saturated heterocycles. The minimum atomic E-state index is -1.35. The Kier molecular flexibility index (Phi) is 4.08. The van der Waals surface area contributed by atoms with Gasteiger partial charge in [-0.3, -0.25) is 4.79 Å². The summed E-state index contributed by atoms with van der Waals surface area (Å²) in [5.41, 5.74) is 0.734. The number of nitrogens with zero attached hydrogens (tertiary/aromatic N) is 2. The van der Waals surface area contributed by atoms with Gasteiger partial charge in [-0.15, -0.1) is 0 Å². The van der Waals surface area contributed by atoms with Gasteiger partial charge in [-0.2, -0.15) is 5.10 Å². The van der Waals surface area contributed by atoms with Crippen LogP contribution in [0.2, 0.25) is 19.1 Å². The summed E-state index contributed by atoms with van der Waals surface area (Å²) in [6, 6.07) is 1.30. The van der Waals surface area contributed by atoms with E-state index in [1.165, 1.54) is 18.9 Å². The van der Waals surface area contributed by atoms with Crippen molar-refractivity contribution in [2.24, 2.45) is 5.10 Å². The largest absolute Gasteiger partial charge is 0.324 e. The number of rotatable bonds is 3. The van der Waals surface area contributed by atoms with Crippen LogP contribution in [0.3, 0.4) is 0 Å². The van der Waals surface area contributed by atoms with Crippen LogP contribution in [0.25, 0.3) is 0 Å². The van der Waals surface area contributed by atoms with Crippen LogP contribution in [0.4, 0.5) is 0 Å². The van der Waals surface area contributed by atoms with Crippen molar-refractivity contribution >= 4 is 19.7 Å². The van der Waals surface area contributed by atoms with Crippen LogP contribution in [0.5, 0.6) is 0 Å². The fourth-order valence-electron chi connectivity index (χ4n) is 1.97. The summed E-state index contributed by atoms with van der Waals surface area (Å²) in [5.74, 6) is 0.118. The molecule has 15 heavy (non-hydrogen) atoms. The number of Topliss-reactive ketones (excluding diaryl/α,β-unsaturated/α-hetero) is 1. The van der Waals surface area contributed by atoms with Gasteiger partial charge in [0.1, 0.15) is 5.71 Å². The summed E-state index contributed by atoms with van der Waals surface area (Å²) < 4.78 is 2.23. The molecule has 1 rings (SSSR count). The molecule has 0 spiro atoms. The van der Waals surface area contributed by atoms with Gasteiger partial charge in [0, 0.05) is 13.5 Å². The maximum Gasteiger partial charge on any atom is 0.175 e. The fraction of sp³-hybridized carbons (Fsp3) is 0.818. The molecule has 1 heterocycles. The zero-order valence-electron chi connectivity index (χ0n) is 10.3. The second kappa shape index (κ2) is 4.92. The Bertz CT molecular complexity index is 274. The van der Waals surface area contributed by atoms with E-state index in [-0.39, 0.29) is 5.78 Å². The predicted octanol–water partition coefficient (Wildman–Crippen LogP) is 2.64. The second-order valence-electron chi connectivity index (χ2n) is 4.85. The Hall–Kier alpha value is -0.643. The average molecular weight is 226 g/mol. The summed E-state index contributed by atoms with van der Waals surface area (Å²) in [5, 5.41) is 4.57. The molecular formula is C11H22N2OSi. The van der Waals surface area contributed by atoms with Gasteiger partial charge in [-0.1, -0.05) is 26.4 Å². The third-order valence-electron chi connectivity index (χ3n) is 3.09. The highest BCUT2D eigenvalue weighted by molar-refractivity contribution is 6.74. The van der Waals surface area contributed by atoms with Gasteiger partial charge in [-0.05, 0) is 18.9 Å². The molecule has 0 atom stereocenters. The molecule has 1 aliphatic rings. The fourth-order valence-corrected chi connectivity index (χ4v) is 4.50. The van der Waals surface area contributed by atoms with Gasteiger partial charge in [0.15, 0.2) is 14.0 Å². The summed E-state index contributed by atoms with van der Waals surface area (Å²) in [6.45, 7) is 9.32. The van der Waals surface area contributed by atoms with E-state index in [0.717, 1.165) is 18.7 Å². The molecule has 0 aromatic rings. The van der Waals surface area contributed by atoms with Crippen LogP contribution in [-0.4, -0.2) is 30.9 Å². The Morgan fingerprint density at radius 3 is 2.53 bits per heavy atom. The second-order valence-corrected chi connectivity index (χ2v) is 9.49. The van der Waals surface area contributed by atoms with E-state index >= 15 is 0 Å². The molecule has 0 bridgehead atoms. The van der Waals surface area contributed by atoms with Crippen molar-refractivity contribution < 1.29 is 4.79 Å². The van der Waals surface area contributed by atoms with E-state index in [0.29, 0.717) is 0 Å². The van der Waals surface area contributed by atoms with Crippen molar-refractivity contribution in [2.45, 2.75) is 52.2 Å². The quantitative estimate of drug-likeness (QED) is 0.547. The van der Waals surface area contributed by atoms with Crippen LogP contribution in [0.15, 0.2) is 5.10 Å². The molecule has 1 aliphatic heterocycles. The number of ketones is 1. The lowest BCUT2D eigenvalue weighted by molar-refractivity contribution is -0.111. The number of hydrazone groups is 1. The first-order valence-electron chi connectivity index (χ1n) is 5.83. The lowest BCUT2D eigenvalue weighted by atomic mass is 10.2. The van der Waals surface area contributed by atoms with Gasteiger partial charge < -0.3 is 4.67 Å². The van der Waals surface area contributed by atoms with E-state index in [2.05, 4.69) is 22.9 Å². The van der Waals surface area contributed by atoms with Crippen molar-refractivity contribution in [1.29, 1.82) is 0 Å². The summed E-state index contributed by atoms with van der Waals surface area (Å²) in [7, 11) is -1.35. The van der Waals surface area contributed by atoms with Crippen molar-refractivity contribution in [3.05, 3.63) is 0 Å². The highest BCUT2D eigenvalue weighted by atomic mass is 28.3. The van der Waals surface area contributed by atoms with Gasteiger partial charge >= 0.3 is 0 Å². The molecule has 1 fully saturated rings. The first kappa shape index (κ1) is 12.4. The minimum absolute atomic E-state index is 0.118. The normalized spacial score (nSPS) is 21.6. The van der Waals surface area contributed by atoms with Gasteiger partial charge in [0.05, 0.1) is 0 Å². The Labute approximate surface area is 93.6 Å². The zero-order valence-corrected chi connectivity index (χ0v) is 11.3. The number of carbonyl (C=O) groups excluding carboxylic acids is 1. The molecular weight excluding hydrogens is 204 g/mol. The van der Waals surface area contributed by atoms with Crippen LogP contribution < -0.4 is 0 Å². The van der Waals surface area contributed by atoms with Gasteiger partial charge in [0.25, 0.3) is 0 Å². The molecule has 86 valence electrons. The van der Waals surface area contributed by atoms with Crippen LogP contribution in [0, 0.1) is 0 Å². The average Bonchev–Trinajstić information content (AvgIpc) is 2.15. The molecule has 0 amide bonds. The molecule has 0 N–H and O–H groups in total. The molecule has 0 saturated carbocycles. The first-order valence-corrected chi connectivity index (χ1v) is 8.99. The first-order chi connectivity index (χ1) is 6.97. The molecule has 0 aliphatic carbocycles. The zero-order chi connectivity index (χ0) is 11.5. The Morgan fingerprint density at radius 1 is 1.40 bits per heavy atom. The van der Waals surface area contributed by atoms with Gasteiger partial charge in [0.2, 0.25) is 0 Å². The molecule has 0 aromatic carbocycles. The molecule has 3 nitrogen and oxygen atoms in total. The van der Waals surface area contributed by atoms with Crippen molar-refractivity contribution in [3.8, 4) is 0 Å². The third-order valence-corrected chi connectivity index (χ3v) is 6.39. The van der Waals surface area contributed by atoms with Crippen LogP contribution in [0.1, 0.15) is 33.1 Å². The van der Waals surface area contributed by atoms with E-state index < -0.39 is 8.24 Å². The monoisotopic (exact) mass is 226 g/mol. The summed E-state index contributed by atoms with van der Waals surface area (Å²) in [6.07, 6.45) is 3.29. The summed E-state index contributed by atoms with van der Waals surface area (Å²) in [4.78, 5) is 11.3. The standard InChI is InChI=1S/C11H22N2OSi/c1-5-11(10(2)14)12-13-8-6-7-9-15(13,3)4/h5-9H2,1-4H3. The van der Waals surface area contributed by atoms with Crippen LogP contribution in [-0.2, 0) is 4.79 Å². The van der Waals surface area contributed by atoms with E-state index in [1.54, 1.807) is 6.92 Å². The van der Waals surface area contributed by atoms with E-state index in [1.807, 2.05) is 6.92 Å². The van der Waals surface area contributed by atoms with E-state index in [9.17, 15) is 4.79 Å². The topological polar surface area (TPSA) is 32.7 Å². The highest BCUT2D eigenvalue weighted by Crippen LogP contribution is 2.25. The Morgan fingerprint density at radius 2 is 2.07 bits per heavy atom. The number of hydrogen-bond acceptors (Lipinski definition) is 3. The maximum atomic E-state index is 11.3. The lowest BCUT2D eigenvalue weighted by Gasteiger charge is -2.39. The minimum Gasteiger partial charge on any atom is -0.324 e. The SMILES string of the molecule is CCC(=NN1CCCC[Si]1(C)C)C(C)=O. The maximum absolute atomic E-state index is 11.3. The molecule has 0 aromatic heterocycles.